The molecule has 0 bridgehead atoms. The van der Waals surface area contributed by atoms with Crippen molar-refractivity contribution in [2.24, 2.45) is 17.8 Å². The normalized spacial score (nSPS) is 21.8. The minimum atomic E-state index is 0.655. The first kappa shape index (κ1) is 9.02. The molecule has 2 saturated carbocycles. The van der Waals surface area contributed by atoms with Gasteiger partial charge in [0.15, 0.2) is 0 Å². The third-order valence-corrected chi connectivity index (χ3v) is 3.25. The summed E-state index contributed by atoms with van der Waals surface area (Å²) in [5, 5.41) is 11.8. The molecule has 0 saturated heterocycles. The summed E-state index contributed by atoms with van der Waals surface area (Å²) < 4.78 is 0. The molecule has 0 aromatic carbocycles. The van der Waals surface area contributed by atoms with Gasteiger partial charge in [-0.2, -0.15) is 5.26 Å². The zero-order valence-corrected chi connectivity index (χ0v) is 8.13. The van der Waals surface area contributed by atoms with E-state index < -0.39 is 0 Å². The van der Waals surface area contributed by atoms with Crippen LogP contribution in [0.4, 0.5) is 0 Å². The van der Waals surface area contributed by atoms with Crippen LogP contribution in [-0.2, 0) is 0 Å². The minimum absolute atomic E-state index is 0.655. The molecule has 1 N–H and O–H groups in total. The van der Waals surface area contributed by atoms with Crippen molar-refractivity contribution in [3.8, 4) is 6.07 Å². The summed E-state index contributed by atoms with van der Waals surface area (Å²) in [5.74, 6) is 3.00. The van der Waals surface area contributed by atoms with Crippen molar-refractivity contribution >= 4 is 0 Å². The van der Waals surface area contributed by atoms with Gasteiger partial charge < -0.3 is 5.32 Å². The molecular formula is C11H18N2. The molecule has 0 unspecified atom stereocenters. The monoisotopic (exact) mass is 178 g/mol. The zero-order valence-electron chi connectivity index (χ0n) is 8.13. The second-order valence-electron chi connectivity index (χ2n) is 4.45. The topological polar surface area (TPSA) is 35.8 Å². The van der Waals surface area contributed by atoms with E-state index in [-0.39, 0.29) is 0 Å². The summed E-state index contributed by atoms with van der Waals surface area (Å²) in [5.41, 5.74) is 0. The Labute approximate surface area is 80.3 Å². The van der Waals surface area contributed by atoms with Gasteiger partial charge in [-0.25, -0.2) is 0 Å². The fourth-order valence-electron chi connectivity index (χ4n) is 2.18. The Kier molecular flexibility index (Phi) is 2.85. The Balaban J connectivity index is 1.62. The number of hydrogen-bond donors (Lipinski definition) is 1. The summed E-state index contributed by atoms with van der Waals surface area (Å²) in [4.78, 5) is 0. The van der Waals surface area contributed by atoms with Crippen LogP contribution in [0.1, 0.15) is 32.1 Å². The number of nitrogens with zero attached hydrogens (tertiary/aromatic N) is 1. The first-order valence-electron chi connectivity index (χ1n) is 5.49. The molecule has 2 fully saturated rings. The van der Waals surface area contributed by atoms with E-state index in [1.165, 1.54) is 25.7 Å². The number of hydrogen-bond acceptors (Lipinski definition) is 2. The maximum absolute atomic E-state index is 8.38. The minimum Gasteiger partial charge on any atom is -0.315 e. The molecule has 72 valence electrons. The molecule has 2 heteroatoms. The van der Waals surface area contributed by atoms with E-state index in [0.29, 0.717) is 6.42 Å². The average molecular weight is 178 g/mol. The second-order valence-corrected chi connectivity index (χ2v) is 4.45. The summed E-state index contributed by atoms with van der Waals surface area (Å²) >= 11 is 0. The van der Waals surface area contributed by atoms with Crippen LogP contribution in [0.15, 0.2) is 0 Å². The lowest BCUT2D eigenvalue weighted by Gasteiger charge is -2.15. The zero-order chi connectivity index (χ0) is 9.10. The lowest BCUT2D eigenvalue weighted by Crippen LogP contribution is -2.26. The highest BCUT2D eigenvalue weighted by molar-refractivity contribution is 4.92. The van der Waals surface area contributed by atoms with Crippen LogP contribution in [0.25, 0.3) is 0 Å². The van der Waals surface area contributed by atoms with Crippen LogP contribution in [0.3, 0.4) is 0 Å². The quantitative estimate of drug-likeness (QED) is 0.631. The van der Waals surface area contributed by atoms with Crippen LogP contribution in [0.5, 0.6) is 0 Å². The maximum Gasteiger partial charge on any atom is 0.0635 e. The Bertz CT molecular complexity index is 187. The van der Waals surface area contributed by atoms with Gasteiger partial charge in [0.05, 0.1) is 6.07 Å². The smallest absolute Gasteiger partial charge is 0.0635 e. The lowest BCUT2D eigenvalue weighted by molar-refractivity contribution is 0.381. The molecule has 2 rings (SSSR count). The molecule has 0 atom stereocenters. The molecule has 0 amide bonds. The van der Waals surface area contributed by atoms with E-state index in [1.807, 2.05) is 0 Å². The summed E-state index contributed by atoms with van der Waals surface area (Å²) in [6, 6.07) is 2.17. The van der Waals surface area contributed by atoms with E-state index >= 15 is 0 Å². The molecule has 0 aromatic heterocycles. The van der Waals surface area contributed by atoms with Crippen LogP contribution < -0.4 is 5.32 Å². The van der Waals surface area contributed by atoms with E-state index in [9.17, 15) is 0 Å². The molecule has 0 radical (unpaired) electrons. The molecule has 0 heterocycles. The molecule has 2 aliphatic carbocycles. The molecule has 2 aliphatic rings. The van der Waals surface area contributed by atoms with Gasteiger partial charge in [0.2, 0.25) is 0 Å². The first-order chi connectivity index (χ1) is 6.42. The number of nitriles is 1. The highest BCUT2D eigenvalue weighted by Crippen LogP contribution is 2.48. The molecular weight excluding hydrogens is 160 g/mol. The van der Waals surface area contributed by atoms with E-state index in [4.69, 9.17) is 5.26 Å². The van der Waals surface area contributed by atoms with Gasteiger partial charge in [0.1, 0.15) is 0 Å². The summed E-state index contributed by atoms with van der Waals surface area (Å²) in [7, 11) is 0. The predicted molar refractivity (Wildman–Crippen MR) is 52.0 cm³/mol. The van der Waals surface area contributed by atoms with Crippen LogP contribution in [0, 0.1) is 29.1 Å². The Morgan fingerprint density at radius 2 is 1.85 bits per heavy atom. The summed E-state index contributed by atoms with van der Waals surface area (Å²) in [6.07, 6.45) is 6.49. The van der Waals surface area contributed by atoms with Crippen molar-refractivity contribution in [2.45, 2.75) is 32.1 Å². The number of nitrogens with one attached hydrogen (secondary N) is 1. The van der Waals surface area contributed by atoms with Gasteiger partial charge >= 0.3 is 0 Å². The fourth-order valence-corrected chi connectivity index (χ4v) is 2.18. The van der Waals surface area contributed by atoms with Crippen molar-refractivity contribution in [3.05, 3.63) is 0 Å². The van der Waals surface area contributed by atoms with E-state index in [0.717, 1.165) is 30.8 Å². The van der Waals surface area contributed by atoms with Crippen molar-refractivity contribution in [1.82, 2.24) is 5.32 Å². The number of rotatable bonds is 6. The standard InChI is InChI=1S/C11H18N2/c12-6-1-7-13-8-11(9-2-3-9)10-4-5-10/h9-11,13H,1-5,7-8H2. The highest BCUT2D eigenvalue weighted by Gasteiger charge is 2.40. The van der Waals surface area contributed by atoms with Crippen molar-refractivity contribution in [1.29, 1.82) is 5.26 Å². The van der Waals surface area contributed by atoms with Crippen LogP contribution in [-0.4, -0.2) is 13.1 Å². The molecule has 0 aromatic rings. The third kappa shape index (κ3) is 2.70. The maximum atomic E-state index is 8.38. The first-order valence-corrected chi connectivity index (χ1v) is 5.49. The van der Waals surface area contributed by atoms with Crippen molar-refractivity contribution < 1.29 is 0 Å². The van der Waals surface area contributed by atoms with E-state index in [1.54, 1.807) is 0 Å². The third-order valence-electron chi connectivity index (χ3n) is 3.25. The van der Waals surface area contributed by atoms with Gasteiger partial charge in [0, 0.05) is 13.0 Å². The van der Waals surface area contributed by atoms with Gasteiger partial charge in [-0.3, -0.25) is 0 Å². The largest absolute Gasteiger partial charge is 0.315 e. The highest BCUT2D eigenvalue weighted by atomic mass is 14.9. The van der Waals surface area contributed by atoms with Gasteiger partial charge in [-0.1, -0.05) is 0 Å². The Morgan fingerprint density at radius 3 is 2.31 bits per heavy atom. The molecule has 2 nitrogen and oxygen atoms in total. The van der Waals surface area contributed by atoms with E-state index in [2.05, 4.69) is 11.4 Å². The second kappa shape index (κ2) is 4.11. The molecule has 13 heavy (non-hydrogen) atoms. The fraction of sp³-hybridized carbons (Fsp3) is 0.909. The van der Waals surface area contributed by atoms with Crippen molar-refractivity contribution in [2.75, 3.05) is 13.1 Å². The SMILES string of the molecule is N#CCCNCC(C1CC1)C1CC1. The van der Waals surface area contributed by atoms with Gasteiger partial charge in [0.25, 0.3) is 0 Å². The Morgan fingerprint density at radius 1 is 1.23 bits per heavy atom. The van der Waals surface area contributed by atoms with Gasteiger partial charge in [-0.15, -0.1) is 0 Å². The van der Waals surface area contributed by atoms with Crippen molar-refractivity contribution in [3.63, 3.8) is 0 Å². The summed E-state index contributed by atoms with van der Waals surface area (Å²) in [6.45, 7) is 2.05. The Hall–Kier alpha value is -0.550. The van der Waals surface area contributed by atoms with Crippen LogP contribution >= 0.6 is 0 Å². The lowest BCUT2D eigenvalue weighted by atomic mass is 9.98. The predicted octanol–water partition coefficient (Wildman–Crippen LogP) is 1.93. The van der Waals surface area contributed by atoms with Gasteiger partial charge in [-0.05, 0) is 50.0 Å². The average Bonchev–Trinajstić information content (AvgIpc) is 2.99. The molecule has 0 aliphatic heterocycles. The molecule has 0 spiro atoms. The van der Waals surface area contributed by atoms with Crippen LogP contribution in [0.2, 0.25) is 0 Å².